The number of carbonyl (C=O) groups excluding carboxylic acids is 1. The Morgan fingerprint density at radius 2 is 2.04 bits per heavy atom. The standard InChI is InChI=1S/C18H25N3O2/c1-18(2,14-22)9-3-10-19-17(23)16-7-5-15(6-8-16)13-21-12-4-11-20-21/h4-8,11-12,22H,3,9-10,13-14H2,1-2H3,(H,19,23). The molecule has 1 heterocycles. The first-order valence-corrected chi connectivity index (χ1v) is 7.96. The Kier molecular flexibility index (Phi) is 5.93. The summed E-state index contributed by atoms with van der Waals surface area (Å²) in [6.07, 6.45) is 5.40. The molecule has 5 nitrogen and oxygen atoms in total. The number of benzene rings is 1. The van der Waals surface area contributed by atoms with Crippen LogP contribution in [0.5, 0.6) is 0 Å². The highest BCUT2D eigenvalue weighted by atomic mass is 16.3. The number of nitrogens with zero attached hydrogens (tertiary/aromatic N) is 2. The zero-order valence-corrected chi connectivity index (χ0v) is 13.8. The molecule has 0 aliphatic carbocycles. The summed E-state index contributed by atoms with van der Waals surface area (Å²) in [5.41, 5.74) is 1.68. The van der Waals surface area contributed by atoms with Gasteiger partial charge in [0.15, 0.2) is 0 Å². The van der Waals surface area contributed by atoms with Crippen molar-refractivity contribution in [1.82, 2.24) is 15.1 Å². The van der Waals surface area contributed by atoms with Crippen molar-refractivity contribution in [3.05, 3.63) is 53.9 Å². The van der Waals surface area contributed by atoms with Crippen LogP contribution in [-0.2, 0) is 6.54 Å². The molecule has 0 spiro atoms. The van der Waals surface area contributed by atoms with Gasteiger partial charge in [-0.1, -0.05) is 26.0 Å². The second-order valence-electron chi connectivity index (χ2n) is 6.58. The van der Waals surface area contributed by atoms with Gasteiger partial charge in [-0.25, -0.2) is 0 Å². The smallest absolute Gasteiger partial charge is 0.251 e. The lowest BCUT2D eigenvalue weighted by Crippen LogP contribution is -2.26. The number of aliphatic hydroxyl groups is 1. The topological polar surface area (TPSA) is 67.2 Å². The third-order valence-corrected chi connectivity index (χ3v) is 3.86. The summed E-state index contributed by atoms with van der Waals surface area (Å²) < 4.78 is 1.85. The number of aliphatic hydroxyl groups excluding tert-OH is 1. The lowest BCUT2D eigenvalue weighted by Gasteiger charge is -2.21. The number of carbonyl (C=O) groups is 1. The van der Waals surface area contributed by atoms with E-state index in [1.165, 1.54) is 0 Å². The van der Waals surface area contributed by atoms with Gasteiger partial charge in [0.05, 0.1) is 6.54 Å². The fourth-order valence-electron chi connectivity index (χ4n) is 2.29. The largest absolute Gasteiger partial charge is 0.396 e. The first-order valence-electron chi connectivity index (χ1n) is 7.96. The lowest BCUT2D eigenvalue weighted by atomic mass is 9.89. The third kappa shape index (κ3) is 5.53. The zero-order valence-electron chi connectivity index (χ0n) is 13.8. The molecule has 2 rings (SSSR count). The molecule has 0 radical (unpaired) electrons. The monoisotopic (exact) mass is 315 g/mol. The summed E-state index contributed by atoms with van der Waals surface area (Å²) in [7, 11) is 0. The van der Waals surface area contributed by atoms with Crippen LogP contribution >= 0.6 is 0 Å². The van der Waals surface area contributed by atoms with Crippen LogP contribution in [0, 0.1) is 5.41 Å². The number of aromatic nitrogens is 2. The molecule has 5 heteroatoms. The van der Waals surface area contributed by atoms with E-state index in [4.69, 9.17) is 0 Å². The molecule has 0 saturated heterocycles. The average molecular weight is 315 g/mol. The molecular weight excluding hydrogens is 290 g/mol. The Bertz CT molecular complexity index is 604. The van der Waals surface area contributed by atoms with Crippen molar-refractivity contribution in [2.45, 2.75) is 33.2 Å². The van der Waals surface area contributed by atoms with Gasteiger partial charge < -0.3 is 10.4 Å². The second kappa shape index (κ2) is 7.92. The Balaban J connectivity index is 1.79. The molecule has 2 N–H and O–H groups in total. The predicted octanol–water partition coefficient (Wildman–Crippen LogP) is 2.46. The molecular formula is C18H25N3O2. The minimum Gasteiger partial charge on any atom is -0.396 e. The molecule has 0 aliphatic rings. The maximum atomic E-state index is 12.1. The highest BCUT2D eigenvalue weighted by molar-refractivity contribution is 5.94. The fraction of sp³-hybridized carbons (Fsp3) is 0.444. The SMILES string of the molecule is CC(C)(CO)CCCNC(=O)c1ccc(Cn2cccn2)cc1. The maximum absolute atomic E-state index is 12.1. The van der Waals surface area contributed by atoms with Crippen LogP contribution in [-0.4, -0.2) is 33.9 Å². The summed E-state index contributed by atoms with van der Waals surface area (Å²) >= 11 is 0. The van der Waals surface area contributed by atoms with Crippen LogP contribution in [0.3, 0.4) is 0 Å². The Labute approximate surface area is 137 Å². The van der Waals surface area contributed by atoms with Crippen LogP contribution in [0.2, 0.25) is 0 Å². The zero-order chi connectivity index (χ0) is 16.7. The number of rotatable bonds is 8. The first-order chi connectivity index (χ1) is 11.0. The van der Waals surface area contributed by atoms with Crippen LogP contribution < -0.4 is 5.32 Å². The van der Waals surface area contributed by atoms with Gasteiger partial charge in [0.2, 0.25) is 0 Å². The van der Waals surface area contributed by atoms with Gasteiger partial charge >= 0.3 is 0 Å². The molecule has 0 aliphatic heterocycles. The second-order valence-corrected chi connectivity index (χ2v) is 6.58. The summed E-state index contributed by atoms with van der Waals surface area (Å²) in [6, 6.07) is 9.47. The van der Waals surface area contributed by atoms with Crippen molar-refractivity contribution in [3.8, 4) is 0 Å². The predicted molar refractivity (Wildman–Crippen MR) is 90.2 cm³/mol. The van der Waals surface area contributed by atoms with Gasteiger partial charge in [0.1, 0.15) is 0 Å². The van der Waals surface area contributed by atoms with E-state index in [0.29, 0.717) is 18.7 Å². The van der Waals surface area contributed by atoms with Crippen LogP contribution in [0.1, 0.15) is 42.6 Å². The number of hydrogen-bond acceptors (Lipinski definition) is 3. The van der Waals surface area contributed by atoms with Gasteiger partial charge in [0.25, 0.3) is 5.91 Å². The number of nitrogens with one attached hydrogen (secondary N) is 1. The molecule has 1 aromatic carbocycles. The van der Waals surface area contributed by atoms with Gasteiger partial charge in [-0.05, 0) is 42.0 Å². The van der Waals surface area contributed by atoms with Crippen molar-refractivity contribution in [2.75, 3.05) is 13.2 Å². The van der Waals surface area contributed by atoms with Crippen molar-refractivity contribution in [1.29, 1.82) is 0 Å². The van der Waals surface area contributed by atoms with E-state index >= 15 is 0 Å². The third-order valence-electron chi connectivity index (χ3n) is 3.86. The Hall–Kier alpha value is -2.14. The van der Waals surface area contributed by atoms with E-state index in [9.17, 15) is 9.90 Å². The van der Waals surface area contributed by atoms with E-state index < -0.39 is 0 Å². The minimum absolute atomic E-state index is 0.0579. The van der Waals surface area contributed by atoms with Crippen molar-refractivity contribution < 1.29 is 9.90 Å². The van der Waals surface area contributed by atoms with E-state index in [1.54, 1.807) is 6.20 Å². The molecule has 0 saturated carbocycles. The highest BCUT2D eigenvalue weighted by Crippen LogP contribution is 2.20. The van der Waals surface area contributed by atoms with Crippen LogP contribution in [0.25, 0.3) is 0 Å². The highest BCUT2D eigenvalue weighted by Gasteiger charge is 2.15. The average Bonchev–Trinajstić information content (AvgIpc) is 3.05. The lowest BCUT2D eigenvalue weighted by molar-refractivity contribution is 0.0948. The Morgan fingerprint density at radius 1 is 1.30 bits per heavy atom. The van der Waals surface area contributed by atoms with Crippen molar-refractivity contribution in [3.63, 3.8) is 0 Å². The molecule has 0 fully saturated rings. The van der Waals surface area contributed by atoms with Gasteiger partial charge in [-0.3, -0.25) is 9.48 Å². The van der Waals surface area contributed by atoms with Crippen LogP contribution in [0.4, 0.5) is 0 Å². The molecule has 124 valence electrons. The maximum Gasteiger partial charge on any atom is 0.251 e. The molecule has 1 aromatic heterocycles. The molecule has 0 bridgehead atoms. The summed E-state index contributed by atoms with van der Waals surface area (Å²) in [4.78, 5) is 12.1. The van der Waals surface area contributed by atoms with Crippen molar-refractivity contribution >= 4 is 5.91 Å². The minimum atomic E-state index is -0.0844. The fourth-order valence-corrected chi connectivity index (χ4v) is 2.29. The summed E-state index contributed by atoms with van der Waals surface area (Å²) in [5, 5.41) is 16.3. The normalized spacial score (nSPS) is 11.4. The van der Waals surface area contributed by atoms with Gasteiger partial charge in [-0.15, -0.1) is 0 Å². The molecule has 2 aromatic rings. The van der Waals surface area contributed by atoms with Gasteiger partial charge in [0, 0.05) is 31.1 Å². The van der Waals surface area contributed by atoms with E-state index in [-0.39, 0.29) is 17.9 Å². The van der Waals surface area contributed by atoms with Gasteiger partial charge in [-0.2, -0.15) is 5.10 Å². The quantitative estimate of drug-likeness (QED) is 0.735. The van der Waals surface area contributed by atoms with E-state index in [2.05, 4.69) is 10.4 Å². The molecule has 23 heavy (non-hydrogen) atoms. The molecule has 0 atom stereocenters. The number of hydrogen-bond donors (Lipinski definition) is 2. The summed E-state index contributed by atoms with van der Waals surface area (Å²) in [5.74, 6) is -0.0579. The first kappa shape index (κ1) is 17.2. The Morgan fingerprint density at radius 3 is 2.65 bits per heavy atom. The summed E-state index contributed by atoms with van der Waals surface area (Å²) in [6.45, 7) is 5.53. The van der Waals surface area contributed by atoms with E-state index in [0.717, 1.165) is 18.4 Å². The van der Waals surface area contributed by atoms with Crippen LogP contribution in [0.15, 0.2) is 42.7 Å². The molecule has 1 amide bonds. The number of amides is 1. The van der Waals surface area contributed by atoms with E-state index in [1.807, 2.05) is 55.1 Å². The molecule has 0 unspecified atom stereocenters. The van der Waals surface area contributed by atoms with Crippen molar-refractivity contribution in [2.24, 2.45) is 5.41 Å².